The Balaban J connectivity index is 1.37. The molecule has 2 unspecified atom stereocenters. The van der Waals surface area contributed by atoms with Crippen LogP contribution >= 0.6 is 0 Å². The molecular weight excluding hydrogens is 342 g/mol. The first-order chi connectivity index (χ1) is 13.0. The number of rotatable bonds is 7. The Morgan fingerprint density at radius 1 is 1.26 bits per heavy atom. The summed E-state index contributed by atoms with van der Waals surface area (Å²) in [6.45, 7) is 3.06. The van der Waals surface area contributed by atoms with Crippen LogP contribution in [0.2, 0.25) is 0 Å². The monoisotopic (exact) mass is 367 g/mol. The lowest BCUT2D eigenvalue weighted by Crippen LogP contribution is -2.40. The molecule has 0 radical (unpaired) electrons. The molecule has 2 atom stereocenters. The standard InChI is InChI=1S/C21H25N3O3/c1-13-9-18(13)19-8-7-17(27-19)12-24(16-5-6-16)21(26)23-11-14-3-2-4-15(10-14)20(22)25/h2-4,7-8,10,13,16,18H,5-6,9,11-12H2,1H3,(H2,22,25)(H,23,26). The number of nitrogens with one attached hydrogen (secondary N) is 1. The summed E-state index contributed by atoms with van der Waals surface area (Å²) >= 11 is 0. The van der Waals surface area contributed by atoms with Crippen molar-refractivity contribution >= 4 is 11.9 Å². The van der Waals surface area contributed by atoms with Crippen LogP contribution in [0.15, 0.2) is 40.8 Å². The second-order valence-corrected chi connectivity index (χ2v) is 7.71. The number of hydrogen-bond acceptors (Lipinski definition) is 3. The fourth-order valence-corrected chi connectivity index (χ4v) is 3.43. The molecule has 142 valence electrons. The summed E-state index contributed by atoms with van der Waals surface area (Å²) < 4.78 is 5.97. The minimum absolute atomic E-state index is 0.111. The van der Waals surface area contributed by atoms with E-state index in [4.69, 9.17) is 10.2 Å². The predicted octanol–water partition coefficient (Wildman–Crippen LogP) is 3.38. The molecule has 2 saturated carbocycles. The van der Waals surface area contributed by atoms with Crippen LogP contribution in [0.5, 0.6) is 0 Å². The number of nitrogens with two attached hydrogens (primary N) is 1. The van der Waals surface area contributed by atoms with E-state index >= 15 is 0 Å². The van der Waals surface area contributed by atoms with Crippen LogP contribution in [0.25, 0.3) is 0 Å². The van der Waals surface area contributed by atoms with Crippen LogP contribution in [0, 0.1) is 5.92 Å². The molecule has 2 fully saturated rings. The molecular formula is C21H25N3O3. The number of primary amides is 1. The number of benzene rings is 1. The second-order valence-electron chi connectivity index (χ2n) is 7.71. The van der Waals surface area contributed by atoms with E-state index in [2.05, 4.69) is 12.2 Å². The number of urea groups is 1. The molecule has 1 heterocycles. The normalized spacial score (nSPS) is 20.9. The van der Waals surface area contributed by atoms with Crippen molar-refractivity contribution in [2.24, 2.45) is 11.7 Å². The molecule has 0 spiro atoms. The second kappa shape index (κ2) is 7.10. The molecule has 2 aromatic rings. The Hall–Kier alpha value is -2.76. The third kappa shape index (κ3) is 4.15. The topological polar surface area (TPSA) is 88.6 Å². The summed E-state index contributed by atoms with van der Waals surface area (Å²) in [7, 11) is 0. The van der Waals surface area contributed by atoms with Gasteiger partial charge in [0.15, 0.2) is 0 Å². The van der Waals surface area contributed by atoms with Crippen molar-refractivity contribution in [3.05, 3.63) is 59.0 Å². The SMILES string of the molecule is CC1CC1c1ccc(CN(C(=O)NCc2cccc(C(N)=O)c2)C2CC2)o1. The summed E-state index contributed by atoms with van der Waals surface area (Å²) in [5.74, 6) is 2.64. The van der Waals surface area contributed by atoms with E-state index in [1.54, 1.807) is 18.2 Å². The van der Waals surface area contributed by atoms with Crippen molar-refractivity contribution in [3.63, 3.8) is 0 Å². The van der Waals surface area contributed by atoms with Crippen LogP contribution in [-0.2, 0) is 13.1 Å². The van der Waals surface area contributed by atoms with Gasteiger partial charge >= 0.3 is 6.03 Å². The van der Waals surface area contributed by atoms with Gasteiger partial charge in [-0.25, -0.2) is 4.79 Å². The molecule has 4 rings (SSSR count). The van der Waals surface area contributed by atoms with Crippen molar-refractivity contribution in [1.29, 1.82) is 0 Å². The van der Waals surface area contributed by atoms with Gasteiger partial charge in [0.1, 0.15) is 11.5 Å². The summed E-state index contributed by atoms with van der Waals surface area (Å²) in [4.78, 5) is 25.8. The zero-order valence-corrected chi connectivity index (χ0v) is 15.5. The van der Waals surface area contributed by atoms with Crippen LogP contribution < -0.4 is 11.1 Å². The number of nitrogens with zero attached hydrogens (tertiary/aromatic N) is 1. The summed E-state index contributed by atoms with van der Waals surface area (Å²) in [6, 6.07) is 11.2. The molecule has 1 aromatic heterocycles. The molecule has 27 heavy (non-hydrogen) atoms. The van der Waals surface area contributed by atoms with Crippen LogP contribution in [0.3, 0.4) is 0 Å². The maximum atomic E-state index is 12.7. The van der Waals surface area contributed by atoms with E-state index in [1.165, 1.54) is 6.42 Å². The number of carbonyl (C=O) groups is 2. The van der Waals surface area contributed by atoms with Crippen molar-refractivity contribution in [2.75, 3.05) is 0 Å². The first-order valence-corrected chi connectivity index (χ1v) is 9.53. The Morgan fingerprint density at radius 3 is 2.70 bits per heavy atom. The molecule has 3 amide bonds. The van der Waals surface area contributed by atoms with Gasteiger partial charge in [-0.3, -0.25) is 4.79 Å². The number of carbonyl (C=O) groups excluding carboxylic acids is 2. The van der Waals surface area contributed by atoms with Crippen molar-refractivity contribution in [1.82, 2.24) is 10.2 Å². The molecule has 0 bridgehead atoms. The van der Waals surface area contributed by atoms with Crippen LogP contribution in [0.1, 0.15) is 59.5 Å². The zero-order valence-electron chi connectivity index (χ0n) is 15.5. The van der Waals surface area contributed by atoms with E-state index in [0.717, 1.165) is 29.9 Å². The minimum atomic E-state index is -0.471. The average Bonchev–Trinajstić information content (AvgIpc) is 3.58. The molecule has 6 heteroatoms. The lowest BCUT2D eigenvalue weighted by molar-refractivity contribution is 0.1000. The van der Waals surface area contributed by atoms with Crippen molar-refractivity contribution in [3.8, 4) is 0 Å². The van der Waals surface area contributed by atoms with Gasteiger partial charge in [0.25, 0.3) is 0 Å². The van der Waals surface area contributed by atoms with Crippen LogP contribution in [-0.4, -0.2) is 22.9 Å². The van der Waals surface area contributed by atoms with E-state index in [9.17, 15) is 9.59 Å². The van der Waals surface area contributed by atoms with Gasteiger partial charge in [-0.15, -0.1) is 0 Å². The minimum Gasteiger partial charge on any atom is -0.464 e. The van der Waals surface area contributed by atoms with Crippen molar-refractivity contribution in [2.45, 2.75) is 51.2 Å². The highest BCUT2D eigenvalue weighted by Crippen LogP contribution is 2.47. The van der Waals surface area contributed by atoms with Crippen LogP contribution in [0.4, 0.5) is 4.79 Å². The predicted molar refractivity (Wildman–Crippen MR) is 101 cm³/mol. The first-order valence-electron chi connectivity index (χ1n) is 9.53. The Kier molecular flexibility index (Phi) is 4.64. The number of furan rings is 1. The molecule has 6 nitrogen and oxygen atoms in total. The van der Waals surface area contributed by atoms with Gasteiger partial charge in [0.05, 0.1) is 6.54 Å². The highest BCUT2D eigenvalue weighted by Gasteiger charge is 2.37. The van der Waals surface area contributed by atoms with Gasteiger partial charge in [-0.1, -0.05) is 19.1 Å². The molecule has 1 aromatic carbocycles. The van der Waals surface area contributed by atoms with Gasteiger partial charge in [-0.2, -0.15) is 0 Å². The Labute approximate surface area is 158 Å². The third-order valence-electron chi connectivity index (χ3n) is 5.39. The lowest BCUT2D eigenvalue weighted by atomic mass is 10.1. The van der Waals surface area contributed by atoms with E-state index in [1.807, 2.05) is 23.1 Å². The number of amides is 3. The van der Waals surface area contributed by atoms with Gasteiger partial charge < -0.3 is 20.4 Å². The summed E-state index contributed by atoms with van der Waals surface area (Å²) in [5.41, 5.74) is 6.60. The highest BCUT2D eigenvalue weighted by atomic mass is 16.3. The number of hydrogen-bond donors (Lipinski definition) is 2. The maximum Gasteiger partial charge on any atom is 0.318 e. The van der Waals surface area contributed by atoms with E-state index < -0.39 is 5.91 Å². The Morgan fingerprint density at radius 2 is 2.04 bits per heavy atom. The summed E-state index contributed by atoms with van der Waals surface area (Å²) in [6.07, 6.45) is 3.24. The fourth-order valence-electron chi connectivity index (χ4n) is 3.43. The maximum absolute atomic E-state index is 12.7. The zero-order chi connectivity index (χ0) is 19.0. The smallest absolute Gasteiger partial charge is 0.318 e. The largest absolute Gasteiger partial charge is 0.464 e. The molecule has 2 aliphatic rings. The van der Waals surface area contributed by atoms with Gasteiger partial charge in [0, 0.05) is 24.1 Å². The summed E-state index contributed by atoms with van der Waals surface area (Å²) in [5, 5.41) is 2.95. The molecule has 0 saturated heterocycles. The lowest BCUT2D eigenvalue weighted by Gasteiger charge is -2.22. The highest BCUT2D eigenvalue weighted by molar-refractivity contribution is 5.92. The Bertz CT molecular complexity index is 856. The molecule has 0 aliphatic heterocycles. The first kappa shape index (κ1) is 17.6. The third-order valence-corrected chi connectivity index (χ3v) is 5.39. The average molecular weight is 367 g/mol. The van der Waals surface area contributed by atoms with E-state index in [-0.39, 0.29) is 12.1 Å². The molecule has 2 aliphatic carbocycles. The van der Waals surface area contributed by atoms with Gasteiger partial charge in [-0.05, 0) is 55.0 Å². The van der Waals surface area contributed by atoms with Gasteiger partial charge in [0.2, 0.25) is 5.91 Å². The van der Waals surface area contributed by atoms with Crippen molar-refractivity contribution < 1.29 is 14.0 Å². The quantitative estimate of drug-likeness (QED) is 0.786. The fraction of sp³-hybridized carbons (Fsp3) is 0.429. The molecule has 3 N–H and O–H groups in total. The van der Waals surface area contributed by atoms with E-state index in [0.29, 0.717) is 30.5 Å².